The number of hydrogen-bond acceptors (Lipinski definition) is 1. The van der Waals surface area contributed by atoms with Gasteiger partial charge in [0.1, 0.15) is 0 Å². The normalized spacial score (nSPS) is 10.9. The lowest BCUT2D eigenvalue weighted by molar-refractivity contribution is 1.35. The zero-order chi connectivity index (χ0) is 11.3. The Morgan fingerprint density at radius 1 is 1.27 bits per heavy atom. The molecule has 0 radical (unpaired) electrons. The Morgan fingerprint density at radius 3 is 2.53 bits per heavy atom. The number of allylic oxidation sites excluding steroid dienone is 3. The van der Waals surface area contributed by atoms with Crippen molar-refractivity contribution in [2.45, 2.75) is 13.8 Å². The van der Waals surface area contributed by atoms with Gasteiger partial charge in [0.25, 0.3) is 0 Å². The van der Waals surface area contributed by atoms with Gasteiger partial charge in [-0.2, -0.15) is 0 Å². The monoisotopic (exact) mass is 199 g/mol. The van der Waals surface area contributed by atoms with Crippen molar-refractivity contribution in [1.82, 2.24) is 0 Å². The molecule has 0 amide bonds. The molecule has 0 aromatic heterocycles. The van der Waals surface area contributed by atoms with Crippen molar-refractivity contribution in [3.63, 3.8) is 0 Å². The van der Waals surface area contributed by atoms with Crippen LogP contribution in [0.3, 0.4) is 0 Å². The lowest BCUT2D eigenvalue weighted by Gasteiger charge is -2.10. The van der Waals surface area contributed by atoms with E-state index in [-0.39, 0.29) is 0 Å². The number of nitrogens with one attached hydrogen (secondary N) is 1. The van der Waals surface area contributed by atoms with Crippen LogP contribution in [-0.2, 0) is 0 Å². The smallest absolute Gasteiger partial charge is 0.0414 e. The molecular formula is C14H17N. The third kappa shape index (κ3) is 3.13. The van der Waals surface area contributed by atoms with Crippen LogP contribution in [-0.4, -0.2) is 0 Å². The van der Waals surface area contributed by atoms with Crippen LogP contribution in [0, 0.1) is 13.8 Å². The fourth-order valence-electron chi connectivity index (χ4n) is 1.40. The Hall–Kier alpha value is -1.76. The van der Waals surface area contributed by atoms with Crippen molar-refractivity contribution in [1.29, 1.82) is 0 Å². The summed E-state index contributed by atoms with van der Waals surface area (Å²) >= 11 is 0. The molecule has 78 valence electrons. The van der Waals surface area contributed by atoms with Gasteiger partial charge in [0.05, 0.1) is 0 Å². The minimum absolute atomic E-state index is 0.956. The quantitative estimate of drug-likeness (QED) is 0.723. The summed E-state index contributed by atoms with van der Waals surface area (Å²) in [7, 11) is 0. The van der Waals surface area contributed by atoms with Crippen LogP contribution in [0.1, 0.15) is 11.1 Å². The lowest BCUT2D eigenvalue weighted by Crippen LogP contribution is -1.98. The molecule has 0 aliphatic carbocycles. The molecule has 0 aliphatic heterocycles. The summed E-state index contributed by atoms with van der Waals surface area (Å²) in [4.78, 5) is 0. The maximum Gasteiger partial charge on any atom is 0.0414 e. The first-order valence-corrected chi connectivity index (χ1v) is 4.97. The highest BCUT2D eigenvalue weighted by atomic mass is 14.9. The molecule has 0 saturated carbocycles. The summed E-state index contributed by atoms with van der Waals surface area (Å²) in [6.45, 7) is 11.6. The molecule has 1 N–H and O–H groups in total. The number of hydrogen-bond donors (Lipinski definition) is 1. The van der Waals surface area contributed by atoms with Crippen molar-refractivity contribution >= 4 is 5.69 Å². The van der Waals surface area contributed by atoms with Crippen molar-refractivity contribution in [2.24, 2.45) is 0 Å². The second-order valence-corrected chi connectivity index (χ2v) is 3.51. The van der Waals surface area contributed by atoms with E-state index in [2.05, 4.69) is 50.5 Å². The minimum atomic E-state index is 0.956. The molecule has 0 aliphatic rings. The molecule has 0 unspecified atom stereocenters. The van der Waals surface area contributed by atoms with E-state index in [9.17, 15) is 0 Å². The van der Waals surface area contributed by atoms with Crippen LogP contribution in [0.2, 0.25) is 0 Å². The fraction of sp³-hybridized carbons (Fsp3) is 0.143. The van der Waals surface area contributed by atoms with Gasteiger partial charge in [-0.15, -0.1) is 0 Å². The minimum Gasteiger partial charge on any atom is -0.355 e. The number of aryl methyl sites for hydroxylation is 2. The number of anilines is 1. The molecule has 1 aromatic rings. The van der Waals surface area contributed by atoms with E-state index >= 15 is 0 Å². The molecule has 0 heterocycles. The zero-order valence-corrected chi connectivity index (χ0v) is 9.38. The first kappa shape index (κ1) is 11.3. The maximum absolute atomic E-state index is 3.74. The zero-order valence-electron chi connectivity index (χ0n) is 9.38. The molecular weight excluding hydrogens is 182 g/mol. The molecule has 1 heteroatoms. The molecule has 1 nitrogen and oxygen atoms in total. The van der Waals surface area contributed by atoms with Crippen LogP contribution in [0.5, 0.6) is 0 Å². The van der Waals surface area contributed by atoms with E-state index in [1.54, 1.807) is 12.2 Å². The van der Waals surface area contributed by atoms with E-state index in [4.69, 9.17) is 0 Å². The average Bonchev–Trinajstić information content (AvgIpc) is 2.21. The molecule has 0 bridgehead atoms. The summed E-state index contributed by atoms with van der Waals surface area (Å²) in [5.41, 5.74) is 4.56. The van der Waals surface area contributed by atoms with E-state index in [1.165, 1.54) is 11.1 Å². The van der Waals surface area contributed by atoms with Gasteiger partial charge in [0.15, 0.2) is 0 Å². The van der Waals surface area contributed by atoms with E-state index in [0.717, 1.165) is 11.4 Å². The summed E-state index contributed by atoms with van der Waals surface area (Å²) < 4.78 is 0. The first-order valence-electron chi connectivity index (χ1n) is 4.97. The highest BCUT2D eigenvalue weighted by Gasteiger charge is 1.98. The largest absolute Gasteiger partial charge is 0.355 e. The van der Waals surface area contributed by atoms with Gasteiger partial charge < -0.3 is 5.32 Å². The van der Waals surface area contributed by atoms with Gasteiger partial charge in [-0.25, -0.2) is 0 Å². The summed E-state index contributed by atoms with van der Waals surface area (Å²) in [6, 6.07) is 6.31. The van der Waals surface area contributed by atoms with Crippen LogP contribution in [0.15, 0.2) is 55.3 Å². The van der Waals surface area contributed by atoms with Crippen LogP contribution < -0.4 is 5.32 Å². The molecule has 0 saturated heterocycles. The lowest BCUT2D eigenvalue weighted by atomic mass is 10.1. The predicted octanol–water partition coefficient (Wildman–Crippen LogP) is 3.97. The van der Waals surface area contributed by atoms with Gasteiger partial charge in [0.2, 0.25) is 0 Å². The Morgan fingerprint density at radius 2 is 2.00 bits per heavy atom. The summed E-state index contributed by atoms with van der Waals surface area (Å²) in [6.07, 6.45) is 5.42. The van der Waals surface area contributed by atoms with Gasteiger partial charge in [0, 0.05) is 11.4 Å². The van der Waals surface area contributed by atoms with Crippen molar-refractivity contribution in [3.05, 3.63) is 66.4 Å². The maximum atomic E-state index is 3.74. The fourth-order valence-corrected chi connectivity index (χ4v) is 1.40. The molecule has 0 spiro atoms. The van der Waals surface area contributed by atoms with E-state index < -0.39 is 0 Å². The molecule has 0 atom stereocenters. The molecule has 1 aromatic carbocycles. The SMILES string of the molecule is C=C/C=C(\C=C)Nc1ccc(C)cc1C. The molecule has 15 heavy (non-hydrogen) atoms. The molecule has 0 fully saturated rings. The van der Waals surface area contributed by atoms with Crippen molar-refractivity contribution in [3.8, 4) is 0 Å². The second kappa shape index (κ2) is 5.20. The Balaban J connectivity index is 2.93. The van der Waals surface area contributed by atoms with Crippen molar-refractivity contribution < 1.29 is 0 Å². The standard InChI is InChI=1S/C14H17N/c1-5-7-13(6-2)15-14-9-8-11(3)10-12(14)4/h5-10,15H,1-2H2,3-4H3/b13-7+. The second-order valence-electron chi connectivity index (χ2n) is 3.51. The molecule has 1 rings (SSSR count). The Bertz CT molecular complexity index is 400. The third-order valence-corrected chi connectivity index (χ3v) is 2.18. The highest BCUT2D eigenvalue weighted by molar-refractivity contribution is 5.57. The van der Waals surface area contributed by atoms with Gasteiger partial charge in [-0.05, 0) is 37.6 Å². The number of rotatable bonds is 4. The van der Waals surface area contributed by atoms with Crippen LogP contribution >= 0.6 is 0 Å². The van der Waals surface area contributed by atoms with Crippen LogP contribution in [0.4, 0.5) is 5.69 Å². The van der Waals surface area contributed by atoms with E-state index in [1.807, 2.05) is 6.08 Å². The average molecular weight is 199 g/mol. The Labute approximate surface area is 91.8 Å². The summed E-state index contributed by atoms with van der Waals surface area (Å²) in [5.74, 6) is 0. The topological polar surface area (TPSA) is 12.0 Å². The van der Waals surface area contributed by atoms with Gasteiger partial charge in [-0.3, -0.25) is 0 Å². The van der Waals surface area contributed by atoms with E-state index in [0.29, 0.717) is 0 Å². The van der Waals surface area contributed by atoms with Crippen LogP contribution in [0.25, 0.3) is 0 Å². The predicted molar refractivity (Wildman–Crippen MR) is 68.0 cm³/mol. The number of benzene rings is 1. The van der Waals surface area contributed by atoms with Gasteiger partial charge >= 0.3 is 0 Å². The van der Waals surface area contributed by atoms with Gasteiger partial charge in [-0.1, -0.05) is 36.9 Å². The Kier molecular flexibility index (Phi) is 3.92. The summed E-state index contributed by atoms with van der Waals surface area (Å²) in [5, 5.41) is 3.30. The third-order valence-electron chi connectivity index (χ3n) is 2.18. The highest BCUT2D eigenvalue weighted by Crippen LogP contribution is 2.18. The van der Waals surface area contributed by atoms with Crippen molar-refractivity contribution in [2.75, 3.05) is 5.32 Å². The first-order chi connectivity index (χ1) is 7.17.